The van der Waals surface area contributed by atoms with E-state index < -0.39 is 0 Å². The van der Waals surface area contributed by atoms with Gasteiger partial charge >= 0.3 is 0 Å². The Morgan fingerprint density at radius 2 is 2.15 bits per heavy atom. The normalized spacial score (nSPS) is 22.9. The standard InChI is InChI=1S/C17H14ClNO/c18-12-19-11-15-13-7-3-1-5-9-16(13)20-17-10-6-2-4-8-14(15)17/h1-3,5-6,8-12H,4,7H2/b15-11+,19-12?. The summed E-state index contributed by atoms with van der Waals surface area (Å²) < 4.78 is 6.03. The third-order valence-corrected chi connectivity index (χ3v) is 3.43. The van der Waals surface area contributed by atoms with Crippen LogP contribution in [0, 0.1) is 0 Å². The van der Waals surface area contributed by atoms with E-state index in [0.29, 0.717) is 0 Å². The number of fused-ring (bicyclic) bond motifs is 1. The quantitative estimate of drug-likeness (QED) is 0.639. The Balaban J connectivity index is 2.16. The van der Waals surface area contributed by atoms with Crippen LogP contribution in [0.25, 0.3) is 0 Å². The highest BCUT2D eigenvalue weighted by molar-refractivity contribution is 6.56. The van der Waals surface area contributed by atoms with E-state index in [4.69, 9.17) is 16.3 Å². The van der Waals surface area contributed by atoms with Gasteiger partial charge in [0, 0.05) is 22.9 Å². The zero-order chi connectivity index (χ0) is 13.8. The Labute approximate surface area is 123 Å². The first-order valence-corrected chi connectivity index (χ1v) is 6.98. The predicted molar refractivity (Wildman–Crippen MR) is 83.4 cm³/mol. The molecule has 0 radical (unpaired) electrons. The van der Waals surface area contributed by atoms with Crippen molar-refractivity contribution in [3.63, 3.8) is 0 Å². The van der Waals surface area contributed by atoms with Crippen molar-refractivity contribution < 1.29 is 4.74 Å². The minimum Gasteiger partial charge on any atom is -0.456 e. The molecule has 0 atom stereocenters. The zero-order valence-corrected chi connectivity index (χ0v) is 11.7. The second kappa shape index (κ2) is 5.93. The summed E-state index contributed by atoms with van der Waals surface area (Å²) in [4.78, 5) is 4.09. The van der Waals surface area contributed by atoms with Crippen LogP contribution < -0.4 is 0 Å². The summed E-state index contributed by atoms with van der Waals surface area (Å²) in [6.45, 7) is 0. The second-order valence-electron chi connectivity index (χ2n) is 4.54. The highest BCUT2D eigenvalue weighted by Gasteiger charge is 2.25. The molecule has 0 bridgehead atoms. The molecule has 0 spiro atoms. The van der Waals surface area contributed by atoms with Crippen molar-refractivity contribution in [2.75, 3.05) is 0 Å². The summed E-state index contributed by atoms with van der Waals surface area (Å²) in [5, 5.41) is 0. The molecule has 0 saturated heterocycles. The molecule has 3 heteroatoms. The number of allylic oxidation sites excluding steroid dienone is 10. The predicted octanol–water partition coefficient (Wildman–Crippen LogP) is 4.71. The van der Waals surface area contributed by atoms with Gasteiger partial charge in [0.2, 0.25) is 0 Å². The first-order chi connectivity index (χ1) is 9.90. The summed E-state index contributed by atoms with van der Waals surface area (Å²) in [6, 6.07) is 0. The fraction of sp³-hybridized carbons (Fsp3) is 0.118. The lowest BCUT2D eigenvalue weighted by Crippen LogP contribution is -2.10. The van der Waals surface area contributed by atoms with Gasteiger partial charge < -0.3 is 4.74 Å². The van der Waals surface area contributed by atoms with Gasteiger partial charge in [-0.2, -0.15) is 0 Å². The number of ether oxygens (including phenoxy) is 1. The Morgan fingerprint density at radius 3 is 3.05 bits per heavy atom. The number of nitrogens with zero attached hydrogens (tertiary/aromatic N) is 1. The summed E-state index contributed by atoms with van der Waals surface area (Å²) in [6.07, 6.45) is 19.9. The van der Waals surface area contributed by atoms with Crippen molar-refractivity contribution in [3.8, 4) is 0 Å². The van der Waals surface area contributed by atoms with Gasteiger partial charge in [0.15, 0.2) is 0 Å². The van der Waals surface area contributed by atoms with E-state index in [2.05, 4.69) is 23.2 Å². The highest BCUT2D eigenvalue weighted by atomic mass is 35.5. The van der Waals surface area contributed by atoms with Crippen molar-refractivity contribution in [3.05, 3.63) is 83.0 Å². The third kappa shape index (κ3) is 2.47. The molecule has 0 aromatic rings. The summed E-state index contributed by atoms with van der Waals surface area (Å²) >= 11 is 5.58. The van der Waals surface area contributed by atoms with E-state index in [-0.39, 0.29) is 0 Å². The number of hydrogen-bond acceptors (Lipinski definition) is 2. The molecule has 100 valence electrons. The number of aliphatic imine (C=N–C) groups is 1. The van der Waals surface area contributed by atoms with Gasteiger partial charge in [-0.15, -0.1) is 0 Å². The Morgan fingerprint density at radius 1 is 1.20 bits per heavy atom. The van der Waals surface area contributed by atoms with E-state index in [9.17, 15) is 0 Å². The maximum absolute atomic E-state index is 6.03. The molecule has 0 saturated carbocycles. The average molecular weight is 284 g/mol. The molecule has 0 amide bonds. The minimum atomic E-state index is 0.823. The topological polar surface area (TPSA) is 21.6 Å². The van der Waals surface area contributed by atoms with Crippen molar-refractivity contribution in [1.82, 2.24) is 0 Å². The molecule has 0 aromatic carbocycles. The van der Waals surface area contributed by atoms with Crippen LogP contribution in [-0.2, 0) is 4.74 Å². The first kappa shape index (κ1) is 12.9. The Bertz CT molecular complexity index is 654. The summed E-state index contributed by atoms with van der Waals surface area (Å²) in [5.41, 5.74) is 4.58. The molecule has 0 N–H and O–H groups in total. The van der Waals surface area contributed by atoms with Crippen LogP contribution in [0.3, 0.4) is 0 Å². The van der Waals surface area contributed by atoms with Gasteiger partial charge in [0.05, 0.1) is 5.67 Å². The van der Waals surface area contributed by atoms with Gasteiger partial charge in [0.25, 0.3) is 0 Å². The maximum Gasteiger partial charge on any atom is 0.135 e. The van der Waals surface area contributed by atoms with Crippen LogP contribution in [0.1, 0.15) is 12.8 Å². The van der Waals surface area contributed by atoms with Gasteiger partial charge in [-0.05, 0) is 25.0 Å². The monoisotopic (exact) mass is 283 g/mol. The molecule has 0 aromatic heterocycles. The minimum absolute atomic E-state index is 0.823. The molecular weight excluding hydrogens is 270 g/mol. The van der Waals surface area contributed by atoms with Crippen LogP contribution >= 0.6 is 11.6 Å². The van der Waals surface area contributed by atoms with E-state index in [1.165, 1.54) is 5.67 Å². The number of hydrogen-bond donors (Lipinski definition) is 0. The SMILES string of the molecule is ClC=N/C=C1/C2=CCC=CC=C2OC2=C1CC=CC=C2. The Hall–Kier alpha value is -2.06. The van der Waals surface area contributed by atoms with Crippen LogP contribution in [0.15, 0.2) is 88.0 Å². The molecule has 3 aliphatic rings. The number of rotatable bonds is 1. The molecule has 0 unspecified atom stereocenters. The van der Waals surface area contributed by atoms with Crippen LogP contribution in [0.4, 0.5) is 0 Å². The van der Waals surface area contributed by atoms with Crippen molar-refractivity contribution in [1.29, 1.82) is 0 Å². The lowest BCUT2D eigenvalue weighted by Gasteiger charge is -2.25. The van der Waals surface area contributed by atoms with Gasteiger partial charge in [-0.3, -0.25) is 4.99 Å². The molecule has 2 aliphatic carbocycles. The highest BCUT2D eigenvalue weighted by Crippen LogP contribution is 2.39. The molecule has 1 aliphatic heterocycles. The molecule has 20 heavy (non-hydrogen) atoms. The second-order valence-corrected chi connectivity index (χ2v) is 4.73. The lowest BCUT2D eigenvalue weighted by atomic mass is 9.91. The molecule has 2 nitrogen and oxygen atoms in total. The van der Waals surface area contributed by atoms with Crippen LogP contribution in [0.5, 0.6) is 0 Å². The third-order valence-electron chi connectivity index (χ3n) is 3.32. The van der Waals surface area contributed by atoms with Gasteiger partial charge in [0.1, 0.15) is 11.5 Å². The number of halogens is 1. The summed E-state index contributed by atoms with van der Waals surface area (Å²) in [5.74, 6) is 1.74. The fourth-order valence-corrected chi connectivity index (χ4v) is 2.48. The smallest absolute Gasteiger partial charge is 0.135 e. The van der Waals surface area contributed by atoms with Crippen molar-refractivity contribution in [2.24, 2.45) is 4.99 Å². The van der Waals surface area contributed by atoms with Crippen molar-refractivity contribution in [2.45, 2.75) is 12.8 Å². The van der Waals surface area contributed by atoms with E-state index >= 15 is 0 Å². The van der Waals surface area contributed by atoms with Gasteiger partial charge in [-0.25, -0.2) is 0 Å². The first-order valence-electron chi connectivity index (χ1n) is 6.54. The summed E-state index contributed by atoms with van der Waals surface area (Å²) in [7, 11) is 0. The molecular formula is C17H14ClNO. The Kier molecular flexibility index (Phi) is 3.84. The lowest BCUT2D eigenvalue weighted by molar-refractivity contribution is 0.318. The molecule has 3 rings (SSSR count). The fourth-order valence-electron chi connectivity index (χ4n) is 2.42. The van der Waals surface area contributed by atoms with Gasteiger partial charge in [-0.1, -0.05) is 48.1 Å². The van der Waals surface area contributed by atoms with Crippen LogP contribution in [-0.4, -0.2) is 5.67 Å². The molecule has 1 heterocycles. The van der Waals surface area contributed by atoms with Crippen LogP contribution in [0.2, 0.25) is 0 Å². The van der Waals surface area contributed by atoms with E-state index in [1.54, 1.807) is 0 Å². The van der Waals surface area contributed by atoms with E-state index in [1.807, 2.05) is 36.6 Å². The van der Waals surface area contributed by atoms with Crippen molar-refractivity contribution >= 4 is 17.3 Å². The molecule has 0 fully saturated rings. The maximum atomic E-state index is 6.03. The van der Waals surface area contributed by atoms with E-state index in [0.717, 1.165) is 41.1 Å². The largest absolute Gasteiger partial charge is 0.456 e. The average Bonchev–Trinajstić information content (AvgIpc) is 2.83. The zero-order valence-electron chi connectivity index (χ0n) is 10.9.